The minimum Gasteiger partial charge on any atom is -0.444 e. The summed E-state index contributed by atoms with van der Waals surface area (Å²) in [5.41, 5.74) is -0.476. The number of hydrogen-bond donors (Lipinski definition) is 1. The van der Waals surface area contributed by atoms with E-state index >= 15 is 0 Å². The van der Waals surface area contributed by atoms with E-state index in [1.165, 1.54) is 0 Å². The summed E-state index contributed by atoms with van der Waals surface area (Å²) in [7, 11) is 0. The second-order valence-electron chi connectivity index (χ2n) is 6.45. The van der Waals surface area contributed by atoms with Crippen molar-refractivity contribution in [3.63, 3.8) is 0 Å². The molecule has 0 atom stereocenters. The highest BCUT2D eigenvalue weighted by Gasteiger charge is 2.25. The molecular formula is C15H27BrN2O3. The Morgan fingerprint density at radius 3 is 2.38 bits per heavy atom. The molecule has 122 valence electrons. The summed E-state index contributed by atoms with van der Waals surface area (Å²) < 4.78 is 5.25. The van der Waals surface area contributed by atoms with Crippen LogP contribution < -0.4 is 5.32 Å². The van der Waals surface area contributed by atoms with E-state index in [1.807, 2.05) is 25.7 Å². The van der Waals surface area contributed by atoms with Crippen molar-refractivity contribution < 1.29 is 14.3 Å². The minimum atomic E-state index is -0.476. The highest BCUT2D eigenvalue weighted by Crippen LogP contribution is 2.14. The normalized spacial score (nSPS) is 16.7. The van der Waals surface area contributed by atoms with Crippen molar-refractivity contribution in [2.75, 3.05) is 18.4 Å². The van der Waals surface area contributed by atoms with Crippen molar-refractivity contribution in [3.05, 3.63) is 0 Å². The number of likely N-dealkylation sites (tertiary alicyclic amines) is 1. The molecule has 2 amide bonds. The molecule has 0 aromatic rings. The molecule has 0 bridgehead atoms. The lowest BCUT2D eigenvalue weighted by atomic mass is 10.0. The molecule has 0 radical (unpaired) electrons. The van der Waals surface area contributed by atoms with Crippen molar-refractivity contribution in [1.29, 1.82) is 0 Å². The van der Waals surface area contributed by atoms with E-state index in [2.05, 4.69) is 21.2 Å². The lowest BCUT2D eigenvalue weighted by Crippen LogP contribution is -2.47. The van der Waals surface area contributed by atoms with Gasteiger partial charge in [-0.2, -0.15) is 0 Å². The third-order valence-electron chi connectivity index (χ3n) is 3.34. The van der Waals surface area contributed by atoms with Crippen LogP contribution in [-0.4, -0.2) is 47.0 Å². The van der Waals surface area contributed by atoms with E-state index in [0.29, 0.717) is 19.5 Å². The first-order valence-electron chi connectivity index (χ1n) is 7.65. The maximum Gasteiger partial charge on any atom is 0.407 e. The number of rotatable bonds is 5. The van der Waals surface area contributed by atoms with Crippen LogP contribution in [0.1, 0.15) is 52.9 Å². The van der Waals surface area contributed by atoms with Gasteiger partial charge in [0.15, 0.2) is 0 Å². The van der Waals surface area contributed by atoms with Crippen molar-refractivity contribution in [1.82, 2.24) is 10.2 Å². The summed E-state index contributed by atoms with van der Waals surface area (Å²) in [5, 5.41) is 3.83. The molecule has 0 saturated carbocycles. The molecular weight excluding hydrogens is 336 g/mol. The molecule has 1 fully saturated rings. The van der Waals surface area contributed by atoms with Crippen LogP contribution in [0.4, 0.5) is 4.79 Å². The SMILES string of the molecule is CC(C)(C)OC(=O)NC1CCN(C(=O)CCCCBr)CC1. The highest BCUT2D eigenvalue weighted by atomic mass is 79.9. The quantitative estimate of drug-likeness (QED) is 0.603. The maximum atomic E-state index is 12.0. The summed E-state index contributed by atoms with van der Waals surface area (Å²) in [6.45, 7) is 6.98. The monoisotopic (exact) mass is 362 g/mol. The zero-order valence-corrected chi connectivity index (χ0v) is 14.9. The van der Waals surface area contributed by atoms with Crippen molar-refractivity contribution in [2.45, 2.75) is 64.5 Å². The van der Waals surface area contributed by atoms with Gasteiger partial charge in [-0.15, -0.1) is 0 Å². The molecule has 5 nitrogen and oxygen atoms in total. The fourth-order valence-electron chi connectivity index (χ4n) is 2.28. The Kier molecular flexibility index (Phi) is 7.49. The van der Waals surface area contributed by atoms with Crippen molar-refractivity contribution >= 4 is 27.9 Å². The number of piperidine rings is 1. The van der Waals surface area contributed by atoms with E-state index < -0.39 is 5.60 Å². The topological polar surface area (TPSA) is 58.6 Å². The number of ether oxygens (including phenoxy) is 1. The molecule has 0 aromatic heterocycles. The number of unbranched alkanes of at least 4 members (excludes halogenated alkanes) is 1. The second kappa shape index (κ2) is 8.61. The molecule has 21 heavy (non-hydrogen) atoms. The Morgan fingerprint density at radius 1 is 1.24 bits per heavy atom. The molecule has 1 heterocycles. The Morgan fingerprint density at radius 2 is 1.86 bits per heavy atom. The van der Waals surface area contributed by atoms with Gasteiger partial charge >= 0.3 is 6.09 Å². The Hall–Kier alpha value is -0.780. The lowest BCUT2D eigenvalue weighted by Gasteiger charge is -2.33. The predicted octanol–water partition coefficient (Wildman–Crippen LogP) is 3.07. The third kappa shape index (κ3) is 7.69. The molecule has 0 aliphatic carbocycles. The van der Waals surface area contributed by atoms with Crippen LogP contribution in [0.3, 0.4) is 0 Å². The molecule has 1 rings (SSSR count). The van der Waals surface area contributed by atoms with Gasteiger partial charge in [0.05, 0.1) is 0 Å². The van der Waals surface area contributed by atoms with Gasteiger partial charge in [-0.1, -0.05) is 15.9 Å². The summed E-state index contributed by atoms with van der Waals surface area (Å²) in [6, 6.07) is 0.103. The van der Waals surface area contributed by atoms with Gasteiger partial charge in [0, 0.05) is 30.9 Å². The number of carbonyl (C=O) groups is 2. The maximum absolute atomic E-state index is 12.0. The molecule has 1 N–H and O–H groups in total. The van der Waals surface area contributed by atoms with Crippen LogP contribution in [0.25, 0.3) is 0 Å². The third-order valence-corrected chi connectivity index (χ3v) is 3.90. The molecule has 0 aromatic carbocycles. The first-order chi connectivity index (χ1) is 9.81. The number of nitrogens with one attached hydrogen (secondary N) is 1. The number of carbonyl (C=O) groups excluding carboxylic acids is 2. The number of alkyl carbamates (subject to hydrolysis) is 1. The van der Waals surface area contributed by atoms with E-state index in [-0.39, 0.29) is 18.0 Å². The molecule has 0 spiro atoms. The van der Waals surface area contributed by atoms with Crippen molar-refractivity contribution in [2.24, 2.45) is 0 Å². The number of nitrogens with zero attached hydrogens (tertiary/aromatic N) is 1. The Bertz CT molecular complexity index is 347. The average molecular weight is 363 g/mol. The fraction of sp³-hybridized carbons (Fsp3) is 0.867. The lowest BCUT2D eigenvalue weighted by molar-refractivity contribution is -0.132. The van der Waals surface area contributed by atoms with E-state index in [1.54, 1.807) is 0 Å². The highest BCUT2D eigenvalue weighted by molar-refractivity contribution is 9.09. The van der Waals surface area contributed by atoms with Crippen LogP contribution in [0, 0.1) is 0 Å². The van der Waals surface area contributed by atoms with E-state index in [0.717, 1.165) is 31.0 Å². The van der Waals surface area contributed by atoms with Gasteiger partial charge < -0.3 is 15.0 Å². The summed E-state index contributed by atoms with van der Waals surface area (Å²) in [4.78, 5) is 25.6. The zero-order valence-electron chi connectivity index (χ0n) is 13.3. The van der Waals surface area contributed by atoms with Crippen LogP contribution in [-0.2, 0) is 9.53 Å². The predicted molar refractivity (Wildman–Crippen MR) is 86.6 cm³/mol. The van der Waals surface area contributed by atoms with Gasteiger partial charge in [-0.05, 0) is 46.5 Å². The van der Waals surface area contributed by atoms with Crippen molar-refractivity contribution in [3.8, 4) is 0 Å². The molecule has 1 aliphatic rings. The smallest absolute Gasteiger partial charge is 0.407 e. The molecule has 6 heteroatoms. The van der Waals surface area contributed by atoms with Gasteiger partial charge in [0.25, 0.3) is 0 Å². The summed E-state index contributed by atoms with van der Waals surface area (Å²) in [6.07, 6.45) is 3.80. The number of halogens is 1. The van der Waals surface area contributed by atoms with Crippen LogP contribution >= 0.6 is 15.9 Å². The summed E-state index contributed by atoms with van der Waals surface area (Å²) in [5.74, 6) is 0.228. The van der Waals surface area contributed by atoms with Gasteiger partial charge in [-0.25, -0.2) is 4.79 Å². The minimum absolute atomic E-state index is 0.103. The second-order valence-corrected chi connectivity index (χ2v) is 7.24. The van der Waals surface area contributed by atoms with Gasteiger partial charge in [-0.3, -0.25) is 4.79 Å². The van der Waals surface area contributed by atoms with Gasteiger partial charge in [0.1, 0.15) is 5.60 Å². The number of hydrogen-bond acceptors (Lipinski definition) is 3. The molecule has 1 saturated heterocycles. The standard InChI is InChI=1S/C15H27BrN2O3/c1-15(2,3)21-14(20)17-12-7-10-18(11-8-12)13(19)6-4-5-9-16/h12H,4-11H2,1-3H3,(H,17,20). The van der Waals surface area contributed by atoms with Crippen LogP contribution in [0.15, 0.2) is 0 Å². The molecule has 1 aliphatic heterocycles. The number of alkyl halides is 1. The van der Waals surface area contributed by atoms with E-state index in [4.69, 9.17) is 4.74 Å². The average Bonchev–Trinajstić information content (AvgIpc) is 2.37. The zero-order chi connectivity index (χ0) is 15.9. The summed E-state index contributed by atoms with van der Waals surface area (Å²) >= 11 is 3.37. The Balaban J connectivity index is 2.25. The Labute approximate surface area is 135 Å². The first-order valence-corrected chi connectivity index (χ1v) is 8.77. The van der Waals surface area contributed by atoms with Crippen LogP contribution in [0.2, 0.25) is 0 Å². The first kappa shape index (κ1) is 18.3. The fourth-order valence-corrected chi connectivity index (χ4v) is 2.67. The number of amides is 2. The van der Waals surface area contributed by atoms with Crippen LogP contribution in [0.5, 0.6) is 0 Å². The molecule has 0 unspecified atom stereocenters. The largest absolute Gasteiger partial charge is 0.444 e. The van der Waals surface area contributed by atoms with Gasteiger partial charge in [0.2, 0.25) is 5.91 Å². The van der Waals surface area contributed by atoms with E-state index in [9.17, 15) is 9.59 Å².